The quantitative estimate of drug-likeness (QED) is 0.621. The van der Waals surface area contributed by atoms with Crippen LogP contribution in [-0.4, -0.2) is 34.3 Å². The minimum Gasteiger partial charge on any atom is -0.431 e. The summed E-state index contributed by atoms with van der Waals surface area (Å²) in [6.45, 7) is 1.59. The first-order valence-electron chi connectivity index (χ1n) is 7.56. The summed E-state index contributed by atoms with van der Waals surface area (Å²) in [5.41, 5.74) is 7.74. The zero-order valence-corrected chi connectivity index (χ0v) is 14.2. The number of amides is 1. The molecule has 0 bridgehead atoms. The van der Waals surface area contributed by atoms with Crippen LogP contribution < -0.4 is 16.4 Å². The summed E-state index contributed by atoms with van der Waals surface area (Å²) in [6, 6.07) is 5.29. The normalized spacial score (nSPS) is 10.8. The third-order valence-corrected chi connectivity index (χ3v) is 3.86. The standard InChI is InChI=1S/C16H17ClN6O2/c1-19-4-5-23-8-11(7-20-23)10-2-3-12(17)13(6-10)21-15(24)14-9-25-16(18)22-14/h2-3,6-9,19H,4-5H2,1H3,(H2,18,22)(H,21,24). The van der Waals surface area contributed by atoms with Crippen LogP contribution in [0.3, 0.4) is 0 Å². The van der Waals surface area contributed by atoms with Gasteiger partial charge in [0, 0.05) is 18.3 Å². The van der Waals surface area contributed by atoms with Gasteiger partial charge in [0.25, 0.3) is 11.9 Å². The third kappa shape index (κ3) is 3.98. The zero-order chi connectivity index (χ0) is 17.8. The minimum absolute atomic E-state index is 0.0704. The maximum absolute atomic E-state index is 12.2. The summed E-state index contributed by atoms with van der Waals surface area (Å²) < 4.78 is 6.68. The van der Waals surface area contributed by atoms with Crippen LogP contribution in [0, 0.1) is 0 Å². The maximum atomic E-state index is 12.2. The number of nitrogens with one attached hydrogen (secondary N) is 2. The Morgan fingerprint density at radius 1 is 1.40 bits per heavy atom. The van der Waals surface area contributed by atoms with E-state index in [1.807, 2.05) is 24.0 Å². The number of likely N-dealkylation sites (N-methyl/N-ethyl adjacent to an activating group) is 1. The summed E-state index contributed by atoms with van der Waals surface area (Å²) in [5.74, 6) is -0.454. The highest BCUT2D eigenvalue weighted by atomic mass is 35.5. The Balaban J connectivity index is 1.80. The molecule has 0 saturated heterocycles. The van der Waals surface area contributed by atoms with Crippen molar-refractivity contribution in [3.05, 3.63) is 47.6 Å². The van der Waals surface area contributed by atoms with Crippen LogP contribution in [0.4, 0.5) is 11.7 Å². The Kier molecular flexibility index (Phi) is 5.01. The van der Waals surface area contributed by atoms with Gasteiger partial charge in [-0.3, -0.25) is 9.48 Å². The summed E-state index contributed by atoms with van der Waals surface area (Å²) in [4.78, 5) is 16.0. The highest BCUT2D eigenvalue weighted by molar-refractivity contribution is 6.34. The van der Waals surface area contributed by atoms with E-state index in [2.05, 4.69) is 20.7 Å². The zero-order valence-electron chi connectivity index (χ0n) is 13.5. The van der Waals surface area contributed by atoms with Gasteiger partial charge in [-0.1, -0.05) is 17.7 Å². The van der Waals surface area contributed by atoms with Crippen molar-refractivity contribution in [2.45, 2.75) is 6.54 Å². The van der Waals surface area contributed by atoms with E-state index in [0.29, 0.717) is 10.7 Å². The molecule has 25 heavy (non-hydrogen) atoms. The Hall–Kier alpha value is -2.84. The average Bonchev–Trinajstić information content (AvgIpc) is 3.24. The van der Waals surface area contributed by atoms with E-state index >= 15 is 0 Å². The lowest BCUT2D eigenvalue weighted by molar-refractivity contribution is 0.102. The van der Waals surface area contributed by atoms with Gasteiger partial charge in [-0.15, -0.1) is 0 Å². The number of carbonyl (C=O) groups is 1. The molecular formula is C16H17ClN6O2. The molecule has 0 atom stereocenters. The molecule has 1 aromatic carbocycles. The van der Waals surface area contributed by atoms with Crippen LogP contribution in [0.25, 0.3) is 11.1 Å². The lowest BCUT2D eigenvalue weighted by Crippen LogP contribution is -2.14. The van der Waals surface area contributed by atoms with Crippen molar-refractivity contribution in [2.75, 3.05) is 24.6 Å². The number of hydrogen-bond donors (Lipinski definition) is 3. The predicted molar refractivity (Wildman–Crippen MR) is 95.5 cm³/mol. The van der Waals surface area contributed by atoms with E-state index in [4.69, 9.17) is 21.8 Å². The van der Waals surface area contributed by atoms with Crippen molar-refractivity contribution >= 4 is 29.2 Å². The van der Waals surface area contributed by atoms with Crippen molar-refractivity contribution in [1.29, 1.82) is 0 Å². The van der Waals surface area contributed by atoms with Gasteiger partial charge in [-0.25, -0.2) is 0 Å². The molecule has 0 aliphatic heterocycles. The third-order valence-electron chi connectivity index (χ3n) is 3.53. The van der Waals surface area contributed by atoms with Gasteiger partial charge >= 0.3 is 0 Å². The van der Waals surface area contributed by atoms with E-state index in [1.165, 1.54) is 6.26 Å². The summed E-state index contributed by atoms with van der Waals surface area (Å²) in [5, 5.41) is 10.5. The number of rotatable bonds is 6. The first kappa shape index (κ1) is 17.0. The number of carbonyl (C=O) groups excluding carboxylic acids is 1. The summed E-state index contributed by atoms with van der Waals surface area (Å²) in [6.07, 6.45) is 4.89. The molecule has 130 valence electrons. The second-order valence-electron chi connectivity index (χ2n) is 5.32. The number of nitrogens with zero attached hydrogens (tertiary/aromatic N) is 3. The molecule has 0 radical (unpaired) electrons. The molecule has 3 aromatic rings. The van der Waals surface area contributed by atoms with Crippen LogP contribution in [0.2, 0.25) is 5.02 Å². The van der Waals surface area contributed by atoms with Gasteiger partial charge in [0.15, 0.2) is 5.69 Å². The number of nitrogen functional groups attached to an aromatic ring is 1. The Bertz CT molecular complexity index is 888. The van der Waals surface area contributed by atoms with Crippen LogP contribution in [-0.2, 0) is 6.54 Å². The SMILES string of the molecule is CNCCn1cc(-c2ccc(Cl)c(NC(=O)c3coc(N)n3)c2)cn1. The summed E-state index contributed by atoms with van der Waals surface area (Å²) >= 11 is 6.18. The van der Waals surface area contributed by atoms with E-state index in [-0.39, 0.29) is 11.7 Å². The molecule has 4 N–H and O–H groups in total. The maximum Gasteiger partial charge on any atom is 0.292 e. The Morgan fingerprint density at radius 3 is 2.96 bits per heavy atom. The monoisotopic (exact) mass is 360 g/mol. The van der Waals surface area contributed by atoms with E-state index in [0.717, 1.165) is 24.2 Å². The molecule has 2 aromatic heterocycles. The predicted octanol–water partition coefficient (Wildman–Crippen LogP) is 2.25. The fourth-order valence-corrected chi connectivity index (χ4v) is 2.40. The highest BCUT2D eigenvalue weighted by Gasteiger charge is 2.14. The molecule has 3 rings (SSSR count). The van der Waals surface area contributed by atoms with Crippen molar-refractivity contribution in [1.82, 2.24) is 20.1 Å². The van der Waals surface area contributed by atoms with E-state index in [9.17, 15) is 4.79 Å². The van der Waals surface area contributed by atoms with Crippen molar-refractivity contribution in [3.63, 3.8) is 0 Å². The Morgan fingerprint density at radius 2 is 2.24 bits per heavy atom. The largest absolute Gasteiger partial charge is 0.431 e. The number of hydrogen-bond acceptors (Lipinski definition) is 6. The van der Waals surface area contributed by atoms with Gasteiger partial charge in [-0.05, 0) is 24.7 Å². The number of aromatic nitrogens is 3. The van der Waals surface area contributed by atoms with E-state index in [1.54, 1.807) is 18.3 Å². The molecule has 8 nitrogen and oxygen atoms in total. The van der Waals surface area contributed by atoms with Crippen molar-refractivity contribution in [2.24, 2.45) is 0 Å². The van der Waals surface area contributed by atoms with Crippen LogP contribution >= 0.6 is 11.6 Å². The number of nitrogens with two attached hydrogens (primary N) is 1. The molecule has 0 unspecified atom stereocenters. The average molecular weight is 361 g/mol. The lowest BCUT2D eigenvalue weighted by atomic mass is 10.1. The molecule has 9 heteroatoms. The molecule has 0 aliphatic carbocycles. The number of benzene rings is 1. The van der Waals surface area contributed by atoms with Crippen molar-refractivity contribution < 1.29 is 9.21 Å². The van der Waals surface area contributed by atoms with Gasteiger partial charge in [0.1, 0.15) is 6.26 Å². The second-order valence-corrected chi connectivity index (χ2v) is 5.72. The van der Waals surface area contributed by atoms with Gasteiger partial charge in [0.2, 0.25) is 0 Å². The van der Waals surface area contributed by atoms with Gasteiger partial charge in [0.05, 0.1) is 23.5 Å². The first-order valence-corrected chi connectivity index (χ1v) is 7.94. The molecule has 0 saturated carbocycles. The fourth-order valence-electron chi connectivity index (χ4n) is 2.24. The molecule has 0 fully saturated rings. The van der Waals surface area contributed by atoms with Crippen LogP contribution in [0.1, 0.15) is 10.5 Å². The topological polar surface area (TPSA) is 111 Å². The number of oxazole rings is 1. The smallest absolute Gasteiger partial charge is 0.292 e. The highest BCUT2D eigenvalue weighted by Crippen LogP contribution is 2.29. The first-order chi connectivity index (χ1) is 12.1. The molecule has 0 spiro atoms. The van der Waals surface area contributed by atoms with Crippen LogP contribution in [0.5, 0.6) is 0 Å². The van der Waals surface area contributed by atoms with Crippen molar-refractivity contribution in [3.8, 4) is 11.1 Å². The molecular weight excluding hydrogens is 344 g/mol. The number of anilines is 2. The minimum atomic E-state index is -0.454. The van der Waals surface area contributed by atoms with Gasteiger partial charge in [-0.2, -0.15) is 10.1 Å². The molecule has 1 amide bonds. The Labute approximate surface area is 149 Å². The lowest BCUT2D eigenvalue weighted by Gasteiger charge is -2.07. The van der Waals surface area contributed by atoms with E-state index < -0.39 is 5.91 Å². The molecule has 0 aliphatic rings. The summed E-state index contributed by atoms with van der Waals surface area (Å²) in [7, 11) is 1.89. The second kappa shape index (κ2) is 7.37. The molecule has 2 heterocycles. The van der Waals surface area contributed by atoms with Gasteiger partial charge < -0.3 is 20.8 Å². The van der Waals surface area contributed by atoms with Crippen LogP contribution in [0.15, 0.2) is 41.3 Å². The number of halogens is 1. The fraction of sp³-hybridized carbons (Fsp3) is 0.188.